The maximum absolute atomic E-state index is 4.36. The van der Waals surface area contributed by atoms with Gasteiger partial charge in [0.15, 0.2) is 0 Å². The van der Waals surface area contributed by atoms with Crippen LogP contribution in [-0.2, 0) is 6.42 Å². The minimum atomic E-state index is 1.01. The lowest BCUT2D eigenvalue weighted by atomic mass is 9.78. The summed E-state index contributed by atoms with van der Waals surface area (Å²) >= 11 is 0. The monoisotopic (exact) mass is 274 g/mol. The highest BCUT2D eigenvalue weighted by atomic mass is 14.3. The molecule has 0 bridgehead atoms. The van der Waals surface area contributed by atoms with E-state index in [-0.39, 0.29) is 0 Å². The van der Waals surface area contributed by atoms with Crippen molar-refractivity contribution in [1.82, 2.24) is 0 Å². The molecule has 0 aromatic heterocycles. The molecule has 0 heteroatoms. The maximum Gasteiger partial charge on any atom is -0.00106 e. The van der Waals surface area contributed by atoms with Gasteiger partial charge in [-0.05, 0) is 73.1 Å². The molecule has 0 aliphatic heterocycles. The summed E-state index contributed by atoms with van der Waals surface area (Å²) in [7, 11) is 0. The van der Waals surface area contributed by atoms with E-state index in [0.29, 0.717) is 0 Å². The molecule has 21 heavy (non-hydrogen) atoms. The summed E-state index contributed by atoms with van der Waals surface area (Å²) in [6.45, 7) is 13.1. The molecule has 0 radical (unpaired) electrons. The quantitative estimate of drug-likeness (QED) is 0.630. The van der Waals surface area contributed by atoms with Crippen molar-refractivity contribution in [3.05, 3.63) is 81.9 Å². The summed E-state index contributed by atoms with van der Waals surface area (Å²) < 4.78 is 0. The lowest BCUT2D eigenvalue weighted by molar-refractivity contribution is 1.17. The fraction of sp³-hybridized carbons (Fsp3) is 0.238. The Kier molecular flexibility index (Phi) is 3.33. The fourth-order valence-corrected chi connectivity index (χ4v) is 3.39. The smallest absolute Gasteiger partial charge is 0.00106 e. The van der Waals surface area contributed by atoms with Crippen LogP contribution in [0.3, 0.4) is 0 Å². The molecule has 0 unspecified atom stereocenters. The van der Waals surface area contributed by atoms with Crippen LogP contribution in [0, 0.1) is 20.8 Å². The predicted octanol–water partition coefficient (Wildman–Crippen LogP) is 5.65. The van der Waals surface area contributed by atoms with E-state index in [2.05, 4.69) is 70.7 Å². The van der Waals surface area contributed by atoms with Gasteiger partial charge in [-0.15, -0.1) is 0 Å². The van der Waals surface area contributed by atoms with Crippen molar-refractivity contribution in [3.63, 3.8) is 0 Å². The van der Waals surface area contributed by atoms with Crippen LogP contribution in [-0.4, -0.2) is 0 Å². The first-order chi connectivity index (χ1) is 9.97. The molecular weight excluding hydrogens is 252 g/mol. The third-order valence-corrected chi connectivity index (χ3v) is 4.54. The molecule has 0 spiro atoms. The molecule has 0 N–H and O–H groups in total. The van der Waals surface area contributed by atoms with Crippen molar-refractivity contribution in [2.24, 2.45) is 0 Å². The molecule has 0 saturated heterocycles. The van der Waals surface area contributed by atoms with E-state index in [1.165, 1.54) is 50.1 Å². The van der Waals surface area contributed by atoms with Crippen LogP contribution in [0.1, 0.15) is 40.3 Å². The Morgan fingerprint density at radius 2 is 1.52 bits per heavy atom. The molecule has 0 amide bonds. The lowest BCUT2D eigenvalue weighted by Crippen LogP contribution is -2.08. The SMILES string of the molecule is C=C1C(C)=C(c2ccc(C)cc2)Cc2cc(C)cc(C)c21. The van der Waals surface area contributed by atoms with Crippen LogP contribution in [0.25, 0.3) is 11.1 Å². The third kappa shape index (κ3) is 2.35. The Balaban J connectivity index is 2.15. The van der Waals surface area contributed by atoms with Crippen LogP contribution in [0.15, 0.2) is 48.6 Å². The van der Waals surface area contributed by atoms with E-state index >= 15 is 0 Å². The molecule has 0 heterocycles. The molecule has 3 rings (SSSR count). The first-order valence-corrected chi connectivity index (χ1v) is 7.54. The first kappa shape index (κ1) is 13.9. The second kappa shape index (κ2) is 5.04. The maximum atomic E-state index is 4.36. The zero-order chi connectivity index (χ0) is 15.1. The molecule has 1 aliphatic rings. The number of hydrogen-bond acceptors (Lipinski definition) is 0. The Hall–Kier alpha value is -2.08. The van der Waals surface area contributed by atoms with Crippen molar-refractivity contribution < 1.29 is 0 Å². The highest BCUT2D eigenvalue weighted by Crippen LogP contribution is 2.40. The van der Waals surface area contributed by atoms with Gasteiger partial charge in [0.1, 0.15) is 0 Å². The van der Waals surface area contributed by atoms with E-state index in [1.807, 2.05) is 0 Å². The van der Waals surface area contributed by atoms with Gasteiger partial charge in [-0.2, -0.15) is 0 Å². The Labute approximate surface area is 127 Å². The second-order valence-corrected chi connectivity index (χ2v) is 6.24. The van der Waals surface area contributed by atoms with Gasteiger partial charge in [-0.1, -0.05) is 54.1 Å². The Bertz CT molecular complexity index is 755. The van der Waals surface area contributed by atoms with Crippen molar-refractivity contribution in [3.8, 4) is 0 Å². The average Bonchev–Trinajstić information content (AvgIpc) is 2.43. The highest BCUT2D eigenvalue weighted by molar-refractivity contribution is 5.94. The average molecular weight is 274 g/mol. The van der Waals surface area contributed by atoms with Gasteiger partial charge in [0.25, 0.3) is 0 Å². The minimum absolute atomic E-state index is 1.01. The summed E-state index contributed by atoms with van der Waals surface area (Å²) in [6, 6.07) is 13.4. The van der Waals surface area contributed by atoms with Crippen LogP contribution in [0.2, 0.25) is 0 Å². The zero-order valence-electron chi connectivity index (χ0n) is 13.4. The predicted molar refractivity (Wildman–Crippen MR) is 92.4 cm³/mol. The van der Waals surface area contributed by atoms with Crippen LogP contribution in [0.4, 0.5) is 0 Å². The van der Waals surface area contributed by atoms with E-state index in [1.54, 1.807) is 0 Å². The standard InChI is InChI=1S/C21H22/c1-13-6-8-18(9-7-13)20-12-19-11-14(2)10-15(3)21(19)17(5)16(20)4/h6-11H,5,12H2,1-4H3. The summed E-state index contributed by atoms with van der Waals surface area (Å²) in [5, 5.41) is 0. The van der Waals surface area contributed by atoms with Crippen molar-refractivity contribution >= 4 is 11.1 Å². The molecule has 0 atom stereocenters. The number of rotatable bonds is 1. The molecule has 0 fully saturated rings. The molecule has 1 aliphatic carbocycles. The van der Waals surface area contributed by atoms with Gasteiger partial charge in [0.2, 0.25) is 0 Å². The minimum Gasteiger partial charge on any atom is -0.0909 e. The largest absolute Gasteiger partial charge is 0.0909 e. The summed E-state index contributed by atoms with van der Waals surface area (Å²) in [4.78, 5) is 0. The Morgan fingerprint density at radius 1 is 0.857 bits per heavy atom. The molecule has 2 aromatic carbocycles. The number of aryl methyl sites for hydroxylation is 3. The third-order valence-electron chi connectivity index (χ3n) is 4.54. The first-order valence-electron chi connectivity index (χ1n) is 7.54. The van der Waals surface area contributed by atoms with E-state index in [4.69, 9.17) is 0 Å². The highest BCUT2D eigenvalue weighted by Gasteiger charge is 2.21. The zero-order valence-corrected chi connectivity index (χ0v) is 13.4. The van der Waals surface area contributed by atoms with E-state index in [0.717, 1.165) is 6.42 Å². The summed E-state index contributed by atoms with van der Waals surface area (Å²) in [5.74, 6) is 0. The molecule has 0 saturated carbocycles. The van der Waals surface area contributed by atoms with Crippen LogP contribution in [0.5, 0.6) is 0 Å². The van der Waals surface area contributed by atoms with Crippen molar-refractivity contribution in [1.29, 1.82) is 0 Å². The van der Waals surface area contributed by atoms with Gasteiger partial charge >= 0.3 is 0 Å². The number of hydrogen-bond donors (Lipinski definition) is 0. The lowest BCUT2D eigenvalue weighted by Gasteiger charge is -2.26. The van der Waals surface area contributed by atoms with Crippen molar-refractivity contribution in [2.45, 2.75) is 34.1 Å². The number of fused-ring (bicyclic) bond motifs is 1. The molecule has 106 valence electrons. The normalized spacial score (nSPS) is 14.4. The van der Waals surface area contributed by atoms with Crippen LogP contribution < -0.4 is 0 Å². The summed E-state index contributed by atoms with van der Waals surface area (Å²) in [5.41, 5.74) is 12.0. The van der Waals surface area contributed by atoms with Gasteiger partial charge < -0.3 is 0 Å². The van der Waals surface area contributed by atoms with Crippen molar-refractivity contribution in [2.75, 3.05) is 0 Å². The topological polar surface area (TPSA) is 0 Å². The van der Waals surface area contributed by atoms with Gasteiger partial charge in [0.05, 0.1) is 0 Å². The second-order valence-electron chi connectivity index (χ2n) is 6.24. The molecular formula is C21H22. The van der Waals surface area contributed by atoms with E-state index < -0.39 is 0 Å². The molecule has 2 aromatic rings. The summed E-state index contributed by atoms with van der Waals surface area (Å²) in [6.07, 6.45) is 1.01. The van der Waals surface area contributed by atoms with Gasteiger partial charge in [0, 0.05) is 0 Å². The number of benzene rings is 2. The van der Waals surface area contributed by atoms with E-state index in [9.17, 15) is 0 Å². The van der Waals surface area contributed by atoms with Gasteiger partial charge in [-0.25, -0.2) is 0 Å². The van der Waals surface area contributed by atoms with Gasteiger partial charge in [-0.3, -0.25) is 0 Å². The fourth-order valence-electron chi connectivity index (χ4n) is 3.39. The van der Waals surface area contributed by atoms with Crippen LogP contribution >= 0.6 is 0 Å². The number of allylic oxidation sites excluding steroid dienone is 3. The molecule has 0 nitrogen and oxygen atoms in total. The Morgan fingerprint density at radius 3 is 2.19 bits per heavy atom.